The fourth-order valence-electron chi connectivity index (χ4n) is 2.12. The lowest BCUT2D eigenvalue weighted by atomic mass is 10.0. The molecule has 0 aliphatic rings. The molecule has 6 nitrogen and oxygen atoms in total. The number of hydrogen-bond acceptors (Lipinski definition) is 5. The van der Waals surface area contributed by atoms with Gasteiger partial charge < -0.3 is 9.47 Å². The summed E-state index contributed by atoms with van der Waals surface area (Å²) in [7, 11) is 3.23. The van der Waals surface area contributed by atoms with E-state index in [4.69, 9.17) is 9.47 Å². The maximum absolute atomic E-state index is 5.43. The lowest BCUT2D eigenvalue weighted by Gasteiger charge is -2.09. The Labute approximate surface area is 121 Å². The molecule has 0 spiro atoms. The van der Waals surface area contributed by atoms with Crippen LogP contribution in [0.5, 0.6) is 11.5 Å². The topological polar surface area (TPSA) is 72.9 Å². The molecule has 0 aliphatic heterocycles. The van der Waals surface area contributed by atoms with Crippen LogP contribution in [0, 0.1) is 0 Å². The molecule has 0 bridgehead atoms. The lowest BCUT2D eigenvalue weighted by molar-refractivity contribution is 0.395. The van der Waals surface area contributed by atoms with Crippen molar-refractivity contribution in [2.24, 2.45) is 0 Å². The summed E-state index contributed by atoms with van der Waals surface area (Å²) >= 11 is 0. The van der Waals surface area contributed by atoms with E-state index in [0.717, 1.165) is 28.3 Å². The Morgan fingerprint density at radius 3 is 2.38 bits per heavy atom. The molecule has 2 aromatic heterocycles. The van der Waals surface area contributed by atoms with E-state index >= 15 is 0 Å². The number of nitrogens with zero attached hydrogens (tertiary/aromatic N) is 3. The number of nitrogens with one attached hydrogen (secondary N) is 1. The Morgan fingerprint density at radius 1 is 0.905 bits per heavy atom. The fraction of sp³-hybridized carbons (Fsp3) is 0.133. The highest BCUT2D eigenvalue weighted by atomic mass is 16.5. The van der Waals surface area contributed by atoms with Crippen LogP contribution in [0.25, 0.3) is 22.5 Å². The number of rotatable bonds is 4. The number of benzene rings is 1. The molecule has 0 aliphatic carbocycles. The molecule has 0 saturated heterocycles. The second-order valence-electron chi connectivity index (χ2n) is 4.32. The maximum atomic E-state index is 5.43. The average molecular weight is 282 g/mol. The van der Waals surface area contributed by atoms with Crippen LogP contribution in [-0.2, 0) is 0 Å². The van der Waals surface area contributed by atoms with Gasteiger partial charge in [-0.25, -0.2) is 0 Å². The third-order valence-electron chi connectivity index (χ3n) is 3.17. The molecule has 0 atom stereocenters. The zero-order valence-corrected chi connectivity index (χ0v) is 11.7. The van der Waals surface area contributed by atoms with Crippen LogP contribution in [0.1, 0.15) is 0 Å². The minimum atomic E-state index is 0.679. The van der Waals surface area contributed by atoms with Crippen molar-refractivity contribution in [1.82, 2.24) is 20.4 Å². The van der Waals surface area contributed by atoms with E-state index in [1.165, 1.54) is 0 Å². The quantitative estimate of drug-likeness (QED) is 0.796. The van der Waals surface area contributed by atoms with E-state index in [-0.39, 0.29) is 0 Å². The smallest absolute Gasteiger partial charge is 0.132 e. The van der Waals surface area contributed by atoms with Gasteiger partial charge in [-0.1, -0.05) is 0 Å². The molecule has 1 aromatic carbocycles. The predicted molar refractivity (Wildman–Crippen MR) is 78.2 cm³/mol. The number of pyridine rings is 1. The molecule has 2 heterocycles. The van der Waals surface area contributed by atoms with E-state index in [9.17, 15) is 0 Å². The van der Waals surface area contributed by atoms with Gasteiger partial charge in [0.2, 0.25) is 0 Å². The number of aromatic amines is 1. The van der Waals surface area contributed by atoms with Gasteiger partial charge in [-0.05, 0) is 24.3 Å². The number of H-pyrrole nitrogens is 1. The van der Waals surface area contributed by atoms with Gasteiger partial charge >= 0.3 is 0 Å². The second-order valence-corrected chi connectivity index (χ2v) is 4.32. The monoisotopic (exact) mass is 282 g/mol. The van der Waals surface area contributed by atoms with Gasteiger partial charge in [0.25, 0.3) is 0 Å². The third kappa shape index (κ3) is 2.43. The van der Waals surface area contributed by atoms with Gasteiger partial charge in [0, 0.05) is 29.6 Å². The highest BCUT2D eigenvalue weighted by Crippen LogP contribution is 2.36. The Morgan fingerprint density at radius 2 is 1.67 bits per heavy atom. The van der Waals surface area contributed by atoms with Gasteiger partial charge in [-0.3, -0.25) is 4.98 Å². The number of ether oxygens (including phenoxy) is 2. The SMILES string of the molecule is COc1ccc(-c2n[nH]nc2-c2ccncc2)c(OC)c1. The van der Waals surface area contributed by atoms with Gasteiger partial charge in [-0.2, -0.15) is 15.4 Å². The minimum absolute atomic E-state index is 0.679. The first-order valence-electron chi connectivity index (χ1n) is 6.37. The van der Waals surface area contributed by atoms with Crippen molar-refractivity contribution < 1.29 is 9.47 Å². The molecule has 0 unspecified atom stereocenters. The summed E-state index contributed by atoms with van der Waals surface area (Å²) in [5, 5.41) is 11.1. The van der Waals surface area contributed by atoms with E-state index in [1.807, 2.05) is 30.3 Å². The van der Waals surface area contributed by atoms with Crippen LogP contribution in [0.2, 0.25) is 0 Å². The van der Waals surface area contributed by atoms with Crippen molar-refractivity contribution in [2.45, 2.75) is 0 Å². The molecule has 106 valence electrons. The molecule has 6 heteroatoms. The normalized spacial score (nSPS) is 10.4. The van der Waals surface area contributed by atoms with Gasteiger partial charge in [0.15, 0.2) is 0 Å². The van der Waals surface area contributed by atoms with Crippen molar-refractivity contribution in [2.75, 3.05) is 14.2 Å². The number of hydrogen-bond donors (Lipinski definition) is 1. The molecule has 0 saturated carbocycles. The van der Waals surface area contributed by atoms with E-state index < -0.39 is 0 Å². The highest BCUT2D eigenvalue weighted by molar-refractivity contribution is 5.80. The van der Waals surface area contributed by atoms with Crippen LogP contribution < -0.4 is 9.47 Å². The molecule has 3 aromatic rings. The van der Waals surface area contributed by atoms with Crippen molar-refractivity contribution in [3.63, 3.8) is 0 Å². The molecule has 3 rings (SSSR count). The number of aromatic nitrogens is 4. The third-order valence-corrected chi connectivity index (χ3v) is 3.17. The standard InChI is InChI=1S/C15H14N4O2/c1-20-11-3-4-12(13(9-11)21-2)15-14(17-19-18-15)10-5-7-16-8-6-10/h3-9H,1-2H3,(H,17,18,19). The first-order valence-corrected chi connectivity index (χ1v) is 6.37. The molecule has 21 heavy (non-hydrogen) atoms. The highest BCUT2D eigenvalue weighted by Gasteiger charge is 2.16. The molecule has 0 fully saturated rings. The van der Waals surface area contributed by atoms with Crippen molar-refractivity contribution in [3.05, 3.63) is 42.7 Å². The number of methoxy groups -OCH3 is 2. The van der Waals surface area contributed by atoms with E-state index in [2.05, 4.69) is 20.4 Å². The largest absolute Gasteiger partial charge is 0.497 e. The van der Waals surface area contributed by atoms with E-state index in [0.29, 0.717) is 5.75 Å². The lowest BCUT2D eigenvalue weighted by Crippen LogP contribution is -1.92. The summed E-state index contributed by atoms with van der Waals surface area (Å²) < 4.78 is 10.6. The first-order chi connectivity index (χ1) is 10.3. The summed E-state index contributed by atoms with van der Waals surface area (Å²) in [5.74, 6) is 1.41. The van der Waals surface area contributed by atoms with Gasteiger partial charge in [0.05, 0.1) is 14.2 Å². The summed E-state index contributed by atoms with van der Waals surface area (Å²) in [6.07, 6.45) is 3.44. The maximum Gasteiger partial charge on any atom is 0.132 e. The fourth-order valence-corrected chi connectivity index (χ4v) is 2.12. The first kappa shape index (κ1) is 13.1. The molecule has 0 amide bonds. The second kappa shape index (κ2) is 5.62. The predicted octanol–water partition coefficient (Wildman–Crippen LogP) is 2.55. The van der Waals surface area contributed by atoms with Crippen LogP contribution in [0.4, 0.5) is 0 Å². The van der Waals surface area contributed by atoms with Crippen LogP contribution >= 0.6 is 0 Å². The van der Waals surface area contributed by atoms with Crippen LogP contribution in [-0.4, -0.2) is 34.6 Å². The molecular formula is C15H14N4O2. The Balaban J connectivity index is 2.12. The molecule has 0 radical (unpaired) electrons. The van der Waals surface area contributed by atoms with Gasteiger partial charge in [-0.15, -0.1) is 0 Å². The van der Waals surface area contributed by atoms with Gasteiger partial charge in [0.1, 0.15) is 22.9 Å². The Kier molecular flexibility index (Phi) is 3.51. The summed E-state index contributed by atoms with van der Waals surface area (Å²) in [6.45, 7) is 0. The Hall–Kier alpha value is -2.89. The van der Waals surface area contributed by atoms with Crippen molar-refractivity contribution in [1.29, 1.82) is 0 Å². The van der Waals surface area contributed by atoms with Crippen LogP contribution in [0.3, 0.4) is 0 Å². The zero-order valence-electron chi connectivity index (χ0n) is 11.7. The molecule has 1 N–H and O–H groups in total. The average Bonchev–Trinajstić information content (AvgIpc) is 3.04. The van der Waals surface area contributed by atoms with E-state index in [1.54, 1.807) is 26.6 Å². The Bertz CT molecular complexity index is 740. The van der Waals surface area contributed by atoms with Crippen LogP contribution in [0.15, 0.2) is 42.7 Å². The summed E-state index contributed by atoms with van der Waals surface area (Å²) in [5.41, 5.74) is 3.26. The van der Waals surface area contributed by atoms with Crippen molar-refractivity contribution in [3.8, 4) is 34.0 Å². The summed E-state index contributed by atoms with van der Waals surface area (Å²) in [4.78, 5) is 4.01. The van der Waals surface area contributed by atoms with Crippen molar-refractivity contribution >= 4 is 0 Å². The molecular weight excluding hydrogens is 268 g/mol. The zero-order chi connectivity index (χ0) is 14.7. The minimum Gasteiger partial charge on any atom is -0.497 e. The summed E-state index contributed by atoms with van der Waals surface area (Å²) in [6, 6.07) is 9.36.